The van der Waals surface area contributed by atoms with Crippen LogP contribution in [-0.2, 0) is 6.54 Å². The number of benzene rings is 2. The number of aryl methyl sites for hydroxylation is 1. The Morgan fingerprint density at radius 2 is 1.90 bits per heavy atom. The van der Waals surface area contributed by atoms with Crippen molar-refractivity contribution in [2.24, 2.45) is 0 Å². The van der Waals surface area contributed by atoms with Gasteiger partial charge in [-0.15, -0.1) is 0 Å². The van der Waals surface area contributed by atoms with E-state index < -0.39 is 0 Å². The molecule has 1 N–H and O–H groups in total. The number of hydrogen-bond donors (Lipinski definition) is 1. The van der Waals surface area contributed by atoms with E-state index >= 15 is 0 Å². The molecular formula is C18H21NO2. The maximum atomic E-state index is 5.46. The quantitative estimate of drug-likeness (QED) is 0.773. The van der Waals surface area contributed by atoms with Crippen molar-refractivity contribution in [2.75, 3.05) is 19.0 Å². The standard InChI is InChI=1S/C18H21NO2/c1-4-11-21-16-8-6-15(7-9-16)13-19-17-10-5-14(2)12-18(17)20-3/h4-10,12,19H,1,11,13H2,2-3H3. The molecule has 0 fully saturated rings. The third kappa shape index (κ3) is 4.28. The van der Waals surface area contributed by atoms with Crippen LogP contribution in [0.5, 0.6) is 11.5 Å². The zero-order chi connectivity index (χ0) is 15.1. The molecule has 2 rings (SSSR count). The number of methoxy groups -OCH3 is 1. The summed E-state index contributed by atoms with van der Waals surface area (Å²) in [6, 6.07) is 14.2. The second-order valence-electron chi connectivity index (χ2n) is 4.80. The van der Waals surface area contributed by atoms with Gasteiger partial charge < -0.3 is 14.8 Å². The van der Waals surface area contributed by atoms with Crippen molar-refractivity contribution in [1.29, 1.82) is 0 Å². The SMILES string of the molecule is C=CCOc1ccc(CNc2ccc(C)cc2OC)cc1. The van der Waals surface area contributed by atoms with Crippen LogP contribution in [0, 0.1) is 6.92 Å². The third-order valence-electron chi connectivity index (χ3n) is 3.13. The summed E-state index contributed by atoms with van der Waals surface area (Å²) in [4.78, 5) is 0. The highest BCUT2D eigenvalue weighted by atomic mass is 16.5. The molecule has 2 aromatic rings. The highest BCUT2D eigenvalue weighted by molar-refractivity contribution is 5.57. The van der Waals surface area contributed by atoms with Gasteiger partial charge in [0.1, 0.15) is 18.1 Å². The number of anilines is 1. The van der Waals surface area contributed by atoms with Gasteiger partial charge in [0.15, 0.2) is 0 Å². The number of rotatable bonds is 7. The molecular weight excluding hydrogens is 262 g/mol. The highest BCUT2D eigenvalue weighted by Gasteiger charge is 2.03. The Labute approximate surface area is 126 Å². The lowest BCUT2D eigenvalue weighted by atomic mass is 10.2. The first-order chi connectivity index (χ1) is 10.2. The minimum absolute atomic E-state index is 0.526. The van der Waals surface area contributed by atoms with Gasteiger partial charge in [0.25, 0.3) is 0 Å². The van der Waals surface area contributed by atoms with Gasteiger partial charge in [-0.2, -0.15) is 0 Å². The van der Waals surface area contributed by atoms with Crippen LogP contribution in [0.25, 0.3) is 0 Å². The molecule has 0 bridgehead atoms. The van der Waals surface area contributed by atoms with Crippen molar-refractivity contribution in [3.63, 3.8) is 0 Å². The summed E-state index contributed by atoms with van der Waals surface area (Å²) in [5.74, 6) is 1.72. The van der Waals surface area contributed by atoms with E-state index in [9.17, 15) is 0 Å². The monoisotopic (exact) mass is 283 g/mol. The Balaban J connectivity index is 1.98. The van der Waals surface area contributed by atoms with E-state index in [4.69, 9.17) is 9.47 Å². The van der Waals surface area contributed by atoms with E-state index in [-0.39, 0.29) is 0 Å². The van der Waals surface area contributed by atoms with E-state index in [0.29, 0.717) is 6.61 Å². The average Bonchev–Trinajstić information content (AvgIpc) is 2.52. The van der Waals surface area contributed by atoms with Crippen LogP contribution in [0.1, 0.15) is 11.1 Å². The predicted molar refractivity (Wildman–Crippen MR) is 87.2 cm³/mol. The zero-order valence-electron chi connectivity index (χ0n) is 12.6. The molecule has 0 aliphatic carbocycles. The molecule has 0 unspecified atom stereocenters. The lowest BCUT2D eigenvalue weighted by Gasteiger charge is -2.12. The molecule has 0 aliphatic heterocycles. The highest BCUT2D eigenvalue weighted by Crippen LogP contribution is 2.25. The Hall–Kier alpha value is -2.42. The zero-order valence-corrected chi connectivity index (χ0v) is 12.6. The number of hydrogen-bond acceptors (Lipinski definition) is 3. The number of ether oxygens (including phenoxy) is 2. The van der Waals surface area contributed by atoms with Gasteiger partial charge in [-0.3, -0.25) is 0 Å². The van der Waals surface area contributed by atoms with Crippen LogP contribution in [0.3, 0.4) is 0 Å². The van der Waals surface area contributed by atoms with Crippen LogP contribution in [-0.4, -0.2) is 13.7 Å². The van der Waals surface area contributed by atoms with Gasteiger partial charge in [0.2, 0.25) is 0 Å². The maximum Gasteiger partial charge on any atom is 0.142 e. The summed E-state index contributed by atoms with van der Waals surface area (Å²) in [7, 11) is 1.69. The minimum atomic E-state index is 0.526. The second-order valence-corrected chi connectivity index (χ2v) is 4.80. The van der Waals surface area contributed by atoms with Crippen LogP contribution in [0.2, 0.25) is 0 Å². The number of nitrogens with one attached hydrogen (secondary N) is 1. The molecule has 0 atom stereocenters. The molecule has 0 amide bonds. The molecule has 0 aromatic heterocycles. The van der Waals surface area contributed by atoms with Gasteiger partial charge in [0, 0.05) is 6.54 Å². The summed E-state index contributed by atoms with van der Waals surface area (Å²) in [6.07, 6.45) is 1.74. The largest absolute Gasteiger partial charge is 0.495 e. The second kappa shape index (κ2) is 7.39. The Kier molecular flexibility index (Phi) is 5.27. The van der Waals surface area contributed by atoms with Crippen LogP contribution in [0.15, 0.2) is 55.1 Å². The molecule has 0 saturated carbocycles. The first kappa shape index (κ1) is 15.0. The molecule has 0 heterocycles. The van der Waals surface area contributed by atoms with E-state index in [0.717, 1.165) is 23.7 Å². The van der Waals surface area contributed by atoms with Crippen molar-refractivity contribution in [2.45, 2.75) is 13.5 Å². The van der Waals surface area contributed by atoms with Crippen molar-refractivity contribution >= 4 is 5.69 Å². The Morgan fingerprint density at radius 1 is 1.14 bits per heavy atom. The van der Waals surface area contributed by atoms with Crippen molar-refractivity contribution in [1.82, 2.24) is 0 Å². The fourth-order valence-corrected chi connectivity index (χ4v) is 2.00. The Morgan fingerprint density at radius 3 is 2.57 bits per heavy atom. The molecule has 0 radical (unpaired) electrons. The van der Waals surface area contributed by atoms with Gasteiger partial charge in [-0.1, -0.05) is 30.9 Å². The smallest absolute Gasteiger partial charge is 0.142 e. The van der Waals surface area contributed by atoms with Gasteiger partial charge in [0.05, 0.1) is 12.8 Å². The minimum Gasteiger partial charge on any atom is -0.495 e. The van der Waals surface area contributed by atoms with Crippen LogP contribution < -0.4 is 14.8 Å². The average molecular weight is 283 g/mol. The summed E-state index contributed by atoms with van der Waals surface area (Å²) in [5, 5.41) is 3.39. The van der Waals surface area contributed by atoms with Gasteiger partial charge in [-0.05, 0) is 42.3 Å². The maximum absolute atomic E-state index is 5.46. The molecule has 21 heavy (non-hydrogen) atoms. The lowest BCUT2D eigenvalue weighted by molar-refractivity contribution is 0.363. The summed E-state index contributed by atoms with van der Waals surface area (Å²) >= 11 is 0. The molecule has 0 spiro atoms. The normalized spacial score (nSPS) is 10.0. The van der Waals surface area contributed by atoms with Crippen molar-refractivity contribution in [3.8, 4) is 11.5 Å². The van der Waals surface area contributed by atoms with E-state index in [1.165, 1.54) is 11.1 Å². The topological polar surface area (TPSA) is 30.5 Å². The molecule has 2 aromatic carbocycles. The molecule has 3 heteroatoms. The summed E-state index contributed by atoms with van der Waals surface area (Å²) in [6.45, 7) is 6.95. The van der Waals surface area contributed by atoms with E-state index in [1.54, 1.807) is 13.2 Å². The van der Waals surface area contributed by atoms with Crippen LogP contribution >= 0.6 is 0 Å². The molecule has 0 saturated heterocycles. The molecule has 0 aliphatic rings. The molecule has 110 valence electrons. The first-order valence-corrected chi connectivity index (χ1v) is 6.94. The lowest BCUT2D eigenvalue weighted by Crippen LogP contribution is -2.01. The summed E-state index contributed by atoms with van der Waals surface area (Å²) < 4.78 is 10.9. The summed E-state index contributed by atoms with van der Waals surface area (Å²) in [5.41, 5.74) is 3.36. The van der Waals surface area contributed by atoms with Crippen LogP contribution in [0.4, 0.5) is 5.69 Å². The fraction of sp³-hybridized carbons (Fsp3) is 0.222. The van der Waals surface area contributed by atoms with Gasteiger partial charge >= 0.3 is 0 Å². The predicted octanol–water partition coefficient (Wildman–Crippen LogP) is 4.18. The van der Waals surface area contributed by atoms with E-state index in [1.807, 2.05) is 43.3 Å². The van der Waals surface area contributed by atoms with Crippen molar-refractivity contribution in [3.05, 3.63) is 66.2 Å². The van der Waals surface area contributed by atoms with E-state index in [2.05, 4.69) is 18.0 Å². The molecule has 3 nitrogen and oxygen atoms in total. The third-order valence-corrected chi connectivity index (χ3v) is 3.13. The van der Waals surface area contributed by atoms with Gasteiger partial charge in [-0.25, -0.2) is 0 Å². The van der Waals surface area contributed by atoms with Crippen molar-refractivity contribution < 1.29 is 9.47 Å². The first-order valence-electron chi connectivity index (χ1n) is 6.94. The fourth-order valence-electron chi connectivity index (χ4n) is 2.00. The Bertz CT molecular complexity index is 591.